The normalized spacial score (nSPS) is 25.3. The van der Waals surface area contributed by atoms with Gasteiger partial charge in [0.15, 0.2) is 24.8 Å². The number of carbonyl (C=O) groups is 4. The molecule has 0 aromatic rings. The van der Waals surface area contributed by atoms with Gasteiger partial charge >= 0.3 is 31.7 Å². The Bertz CT molecular complexity index is 2610. The highest BCUT2D eigenvalue weighted by atomic mass is 31.2. The highest BCUT2D eigenvalue weighted by Crippen LogP contribution is 2.49. The van der Waals surface area contributed by atoms with Crippen LogP contribution in [-0.4, -0.2) is 205 Å². The lowest BCUT2D eigenvalue weighted by atomic mass is 9.84. The number of aliphatic hydroxyl groups excluding tert-OH is 9. The SMILES string of the molecule is CCCCCC/C=C\CCCCCCCCCC(=O)OC(COC(=O)CCCCC/C=C\CCCCCCCC)COP(=O)(O)OC1C(OC2OC(CO)C(O)C(O)C2O)C(O)C(O)C(OC(=O)CCCCCCCCC/C=C\CCCCCC)C1OC1OC(COC(=O)CCCCCCCCC(C)CCCCCCCC)C(O)C(O)C1O. The van der Waals surface area contributed by atoms with Crippen LogP contribution < -0.4 is 0 Å². The van der Waals surface area contributed by atoms with Gasteiger partial charge in [-0.05, 0) is 109 Å². The second-order valence-electron chi connectivity index (χ2n) is 33.8. The van der Waals surface area contributed by atoms with Gasteiger partial charge in [0, 0.05) is 25.7 Å². The summed E-state index contributed by atoms with van der Waals surface area (Å²) in [5.41, 5.74) is 0. The molecule has 2 saturated heterocycles. The van der Waals surface area contributed by atoms with E-state index in [1.165, 1.54) is 135 Å². The van der Waals surface area contributed by atoms with E-state index in [-0.39, 0.29) is 25.7 Å². The molecule has 1 saturated carbocycles. The molecule has 0 aromatic carbocycles. The second-order valence-corrected chi connectivity index (χ2v) is 35.2. The Labute approximate surface area is 710 Å². The zero-order chi connectivity index (χ0) is 86.2. The smallest absolute Gasteiger partial charge is 0.463 e. The Balaban J connectivity index is 1.93. The maximum absolute atomic E-state index is 14.9. The molecule has 19 atom stereocenters. The number of phosphoric ester groups is 1. The van der Waals surface area contributed by atoms with Crippen molar-refractivity contribution in [3.8, 4) is 0 Å². The van der Waals surface area contributed by atoms with Crippen LogP contribution in [0.15, 0.2) is 36.5 Å². The molecule has 2 heterocycles. The van der Waals surface area contributed by atoms with Gasteiger partial charge in [-0.15, -0.1) is 0 Å². The molecule has 0 radical (unpaired) electrons. The molecule has 3 fully saturated rings. The Hall–Kier alpha value is -3.31. The Morgan fingerprint density at radius 3 is 1.11 bits per heavy atom. The molecule has 2 aliphatic heterocycles. The molecule has 26 heteroatoms. The molecular weight excluding hydrogens is 1540 g/mol. The lowest BCUT2D eigenvalue weighted by Gasteiger charge is -2.50. The van der Waals surface area contributed by atoms with Gasteiger partial charge in [0.05, 0.1) is 13.2 Å². The number of aliphatic hydroxyl groups is 9. The number of allylic oxidation sites excluding steroid dienone is 6. The zero-order valence-corrected chi connectivity index (χ0v) is 74.5. The number of hydrogen-bond donors (Lipinski definition) is 10. The number of unbranched alkanes of at least 4 members (excludes halogenated alkanes) is 41. The van der Waals surface area contributed by atoms with Gasteiger partial charge in [-0.2, -0.15) is 0 Å². The number of hydrogen-bond acceptors (Lipinski definition) is 24. The van der Waals surface area contributed by atoms with Crippen LogP contribution >= 0.6 is 7.82 Å². The van der Waals surface area contributed by atoms with E-state index in [0.29, 0.717) is 44.4 Å². The number of esters is 4. The molecule has 118 heavy (non-hydrogen) atoms. The molecule has 10 N–H and O–H groups in total. The van der Waals surface area contributed by atoms with Crippen LogP contribution in [0.3, 0.4) is 0 Å². The van der Waals surface area contributed by atoms with E-state index in [2.05, 4.69) is 71.1 Å². The van der Waals surface area contributed by atoms with E-state index in [1.54, 1.807) is 0 Å². The first-order chi connectivity index (χ1) is 57.1. The van der Waals surface area contributed by atoms with Crippen molar-refractivity contribution in [2.45, 2.75) is 492 Å². The molecule has 690 valence electrons. The van der Waals surface area contributed by atoms with Crippen molar-refractivity contribution in [1.82, 2.24) is 0 Å². The van der Waals surface area contributed by atoms with Crippen LogP contribution in [-0.2, 0) is 70.7 Å². The Kier molecular flexibility index (Phi) is 64.5. The van der Waals surface area contributed by atoms with Crippen molar-refractivity contribution in [2.24, 2.45) is 5.92 Å². The Morgan fingerprint density at radius 1 is 0.356 bits per heavy atom. The summed E-state index contributed by atoms with van der Waals surface area (Å²) in [6, 6.07) is 0. The molecule has 3 rings (SSSR count). The van der Waals surface area contributed by atoms with Gasteiger partial charge in [-0.25, -0.2) is 4.57 Å². The predicted octanol–water partition coefficient (Wildman–Crippen LogP) is 17.4. The summed E-state index contributed by atoms with van der Waals surface area (Å²) in [6.07, 6.45) is 30.0. The summed E-state index contributed by atoms with van der Waals surface area (Å²) in [5.74, 6) is -2.32. The molecule has 19 unspecified atom stereocenters. The standard InChI is InChI=1S/C92H167O25P/c1-6-10-14-18-22-25-28-31-33-36-39-42-45-53-59-65-77(96)111-72(68-108-75(94)63-57-51-44-41-38-35-30-27-24-20-16-12-8-3)69-110-118(106,107)117-90-88(115-91-85(104)81(100)79(98)73(67-93)112-91)84(103)83(102)87(114-78(97)66-60-54-46-43-40-37-34-32-29-26-23-19-15-11-7-2)89(90)116-92-86(105)82(101)80(99)74(113-92)70-109-76(95)64-58-52-48-47-50-56-62-71(5)61-55-49-21-17-13-9-4/h25-26,28-29,35,38,71-74,79-93,98-105H,6-24,27,30-34,36-37,39-70H2,1-5H3,(H,106,107)/b28-25-,29-26-,38-35-. The topological polar surface area (TPSA) is 380 Å². The molecule has 0 aromatic heterocycles. The minimum absolute atomic E-state index is 0.0114. The van der Waals surface area contributed by atoms with E-state index < -0.39 is 162 Å². The van der Waals surface area contributed by atoms with Crippen LogP contribution in [0, 0.1) is 5.92 Å². The van der Waals surface area contributed by atoms with Crippen LogP contribution in [0.25, 0.3) is 0 Å². The average Bonchev–Trinajstić information content (AvgIpc) is 0.755. The summed E-state index contributed by atoms with van der Waals surface area (Å²) in [7, 11) is -5.82. The van der Waals surface area contributed by atoms with E-state index >= 15 is 0 Å². The molecule has 1 aliphatic carbocycles. The van der Waals surface area contributed by atoms with Crippen molar-refractivity contribution in [1.29, 1.82) is 0 Å². The first-order valence-corrected chi connectivity index (χ1v) is 48.6. The average molecular weight is 1700 g/mol. The number of rotatable bonds is 75. The summed E-state index contributed by atoms with van der Waals surface area (Å²) in [4.78, 5) is 66.5. The molecule has 3 aliphatic rings. The van der Waals surface area contributed by atoms with Crippen molar-refractivity contribution in [3.05, 3.63) is 36.5 Å². The highest BCUT2D eigenvalue weighted by Gasteiger charge is 2.60. The maximum atomic E-state index is 14.9. The van der Waals surface area contributed by atoms with Crippen molar-refractivity contribution >= 4 is 31.7 Å². The number of ether oxygens (including phenoxy) is 8. The molecule has 25 nitrogen and oxygen atoms in total. The minimum atomic E-state index is -5.82. The van der Waals surface area contributed by atoms with Gasteiger partial charge in [-0.3, -0.25) is 28.2 Å². The summed E-state index contributed by atoms with van der Waals surface area (Å²) in [6.45, 7) is 7.86. The van der Waals surface area contributed by atoms with Gasteiger partial charge in [-0.1, -0.05) is 296 Å². The number of phosphoric acid groups is 1. The zero-order valence-electron chi connectivity index (χ0n) is 73.6. The largest absolute Gasteiger partial charge is 0.472 e. The highest BCUT2D eigenvalue weighted by molar-refractivity contribution is 7.47. The third kappa shape index (κ3) is 50.0. The van der Waals surface area contributed by atoms with E-state index in [4.69, 9.17) is 46.9 Å². The van der Waals surface area contributed by atoms with Gasteiger partial charge < -0.3 is 88.7 Å². The van der Waals surface area contributed by atoms with Crippen LogP contribution in [0.2, 0.25) is 0 Å². The fraction of sp³-hybridized carbons (Fsp3) is 0.891. The summed E-state index contributed by atoms with van der Waals surface area (Å²) >= 11 is 0. The second kappa shape index (κ2) is 69.9. The van der Waals surface area contributed by atoms with Crippen LogP contribution in [0.5, 0.6) is 0 Å². The molecule has 0 bridgehead atoms. The fourth-order valence-corrected chi connectivity index (χ4v) is 16.3. The lowest BCUT2D eigenvalue weighted by Crippen LogP contribution is -2.70. The van der Waals surface area contributed by atoms with E-state index in [1.807, 2.05) is 0 Å². The summed E-state index contributed by atoms with van der Waals surface area (Å²) < 4.78 is 73.4. The monoisotopic (exact) mass is 1700 g/mol. The third-order valence-electron chi connectivity index (χ3n) is 23.0. The van der Waals surface area contributed by atoms with Crippen molar-refractivity contribution in [3.63, 3.8) is 0 Å². The van der Waals surface area contributed by atoms with Gasteiger partial charge in [0.2, 0.25) is 0 Å². The van der Waals surface area contributed by atoms with E-state index in [0.717, 1.165) is 154 Å². The molecular formula is C92H167O25P. The third-order valence-corrected chi connectivity index (χ3v) is 24.0. The first kappa shape index (κ1) is 109. The first-order valence-electron chi connectivity index (χ1n) is 47.1. The Morgan fingerprint density at radius 2 is 0.686 bits per heavy atom. The van der Waals surface area contributed by atoms with Gasteiger partial charge in [0.25, 0.3) is 0 Å². The summed E-state index contributed by atoms with van der Waals surface area (Å²) in [5, 5.41) is 102. The van der Waals surface area contributed by atoms with Crippen molar-refractivity contribution in [2.75, 3.05) is 26.4 Å². The lowest BCUT2D eigenvalue weighted by molar-refractivity contribution is -0.360. The molecule has 0 spiro atoms. The quantitative estimate of drug-likeness (QED) is 0.00889. The van der Waals surface area contributed by atoms with Gasteiger partial charge in [0.1, 0.15) is 92.6 Å². The van der Waals surface area contributed by atoms with Crippen LogP contribution in [0.4, 0.5) is 0 Å². The fourth-order valence-electron chi connectivity index (χ4n) is 15.4. The van der Waals surface area contributed by atoms with Crippen LogP contribution in [0.1, 0.15) is 388 Å². The minimum Gasteiger partial charge on any atom is -0.463 e. The molecule has 0 amide bonds. The maximum Gasteiger partial charge on any atom is 0.472 e. The predicted molar refractivity (Wildman–Crippen MR) is 458 cm³/mol. The number of carbonyl (C=O) groups excluding carboxylic acids is 4. The van der Waals surface area contributed by atoms with E-state index in [9.17, 15) is 74.6 Å². The van der Waals surface area contributed by atoms with Crippen molar-refractivity contribution < 1.29 is 122 Å².